The summed E-state index contributed by atoms with van der Waals surface area (Å²) < 4.78 is 3.36. The van der Waals surface area contributed by atoms with Crippen molar-refractivity contribution in [3.05, 3.63) is 129 Å². The number of hydrogen-bond acceptors (Lipinski definition) is 3. The topological polar surface area (TPSA) is 68.2 Å². The molecule has 0 fully saturated rings. The summed E-state index contributed by atoms with van der Waals surface area (Å²) in [6.07, 6.45) is 0.250. The van der Waals surface area contributed by atoms with E-state index in [-0.39, 0.29) is 12.1 Å². The van der Waals surface area contributed by atoms with Crippen LogP contribution in [0.3, 0.4) is 0 Å². The van der Waals surface area contributed by atoms with Crippen LogP contribution in [0.4, 0.5) is 0 Å². The van der Waals surface area contributed by atoms with Crippen LogP contribution < -0.4 is 5.32 Å². The van der Waals surface area contributed by atoms with Crippen molar-refractivity contribution in [3.8, 4) is 11.1 Å². The lowest BCUT2D eigenvalue weighted by molar-refractivity contribution is -0.191. The molecule has 0 atom stereocenters. The monoisotopic (exact) mass is 594 g/mol. The summed E-state index contributed by atoms with van der Waals surface area (Å²) in [5.74, 6) is -0.0730. The molecule has 1 aromatic heterocycles. The van der Waals surface area contributed by atoms with E-state index in [4.69, 9.17) is 9.59 Å². The van der Waals surface area contributed by atoms with Gasteiger partial charge in [0.15, 0.2) is 0 Å². The van der Waals surface area contributed by atoms with Gasteiger partial charge in [0.1, 0.15) is 0 Å². The minimum atomic E-state index is -0.491. The van der Waals surface area contributed by atoms with Crippen molar-refractivity contribution < 1.29 is 14.4 Å². The van der Waals surface area contributed by atoms with Gasteiger partial charge in [-0.15, -0.1) is 0 Å². The van der Waals surface area contributed by atoms with E-state index in [0.29, 0.717) is 5.56 Å². The zero-order chi connectivity index (χ0) is 28.9. The molecule has 0 aliphatic heterocycles. The molecule has 0 saturated carbocycles. The van der Waals surface area contributed by atoms with Crippen molar-refractivity contribution in [2.45, 2.75) is 39.8 Å². The van der Waals surface area contributed by atoms with Crippen molar-refractivity contribution in [3.63, 3.8) is 0 Å². The normalized spacial score (nSPS) is 10.9. The smallest absolute Gasteiger partial charge is 0.343 e. The maximum atomic E-state index is 13.3. The van der Waals surface area contributed by atoms with Gasteiger partial charge in [-0.05, 0) is 85.8 Å². The summed E-state index contributed by atoms with van der Waals surface area (Å²) in [6, 6.07) is 33.3. The predicted molar refractivity (Wildman–Crippen MR) is 162 cm³/mol. The fourth-order valence-electron chi connectivity index (χ4n) is 4.91. The molecular formula is C34H31BrN2O3. The van der Waals surface area contributed by atoms with E-state index < -0.39 is 5.54 Å². The molecule has 1 amide bonds. The molecule has 5 nitrogen and oxygen atoms in total. The zero-order valence-corrected chi connectivity index (χ0v) is 24.6. The highest BCUT2D eigenvalue weighted by atomic mass is 79.9. The van der Waals surface area contributed by atoms with Crippen molar-refractivity contribution in [2.75, 3.05) is 0 Å². The predicted octanol–water partition coefficient (Wildman–Crippen LogP) is 7.82. The molecule has 202 valence electrons. The average Bonchev–Trinajstić information content (AvgIpc) is 3.18. The fraction of sp³-hybridized carbons (Fsp3) is 0.176. The highest BCUT2D eigenvalue weighted by Gasteiger charge is 2.24. The van der Waals surface area contributed by atoms with Crippen molar-refractivity contribution in [1.82, 2.24) is 9.88 Å². The number of amides is 1. The van der Waals surface area contributed by atoms with Crippen LogP contribution >= 0.6 is 15.9 Å². The molecule has 0 radical (unpaired) electrons. The number of carbonyl (C=O) groups is 1. The van der Waals surface area contributed by atoms with Gasteiger partial charge in [0.2, 0.25) is 0 Å². The molecule has 5 rings (SSSR count). The first kappa shape index (κ1) is 28.8. The van der Waals surface area contributed by atoms with E-state index in [1.165, 1.54) is 27.9 Å². The summed E-state index contributed by atoms with van der Waals surface area (Å²) in [7, 11) is 0. The second-order valence-electron chi connectivity index (χ2n) is 10.3. The van der Waals surface area contributed by atoms with Gasteiger partial charge in [-0.25, -0.2) is 0 Å². The van der Waals surface area contributed by atoms with E-state index in [0.717, 1.165) is 27.5 Å². The van der Waals surface area contributed by atoms with Gasteiger partial charge >= 0.3 is 6.15 Å². The van der Waals surface area contributed by atoms with Crippen LogP contribution in [-0.4, -0.2) is 16.6 Å². The van der Waals surface area contributed by atoms with Crippen LogP contribution in [0.2, 0.25) is 0 Å². The third kappa shape index (κ3) is 6.31. The van der Waals surface area contributed by atoms with Crippen LogP contribution in [0.25, 0.3) is 22.0 Å². The fourth-order valence-corrected chi connectivity index (χ4v) is 5.17. The Morgan fingerprint density at radius 2 is 1.45 bits per heavy atom. The first-order valence-corrected chi connectivity index (χ1v) is 13.8. The minimum absolute atomic E-state index is 0.0730. The molecule has 6 heteroatoms. The number of hydrogen-bond donors (Lipinski definition) is 1. The molecule has 0 aliphatic carbocycles. The number of aromatic nitrogens is 1. The molecule has 1 heterocycles. The van der Waals surface area contributed by atoms with Gasteiger partial charge in [-0.1, -0.05) is 82.7 Å². The van der Waals surface area contributed by atoms with Crippen molar-refractivity contribution >= 4 is 38.9 Å². The maximum Gasteiger partial charge on any atom is 0.373 e. The average molecular weight is 596 g/mol. The SMILES string of the molecule is Cc1c(C)n(Cc2ccc(-c3ccccc3)cc2)c2ccc(C(=O)NC(C)(C)c3ccc(Br)cc3)cc12.O=C=O. The van der Waals surface area contributed by atoms with E-state index in [1.807, 2.05) is 56.3 Å². The Hall–Kier alpha value is -4.25. The van der Waals surface area contributed by atoms with E-state index in [2.05, 4.69) is 94.3 Å². The number of carbonyl (C=O) groups excluding carboxylic acids is 3. The summed E-state index contributed by atoms with van der Waals surface area (Å²) in [4.78, 5) is 29.5. The lowest BCUT2D eigenvalue weighted by Crippen LogP contribution is -2.40. The number of aryl methyl sites for hydroxylation is 1. The van der Waals surface area contributed by atoms with Crippen LogP contribution in [0.5, 0.6) is 0 Å². The molecule has 0 aliphatic rings. The maximum absolute atomic E-state index is 13.3. The molecular weight excluding hydrogens is 564 g/mol. The third-order valence-corrected chi connectivity index (χ3v) is 7.82. The largest absolute Gasteiger partial charge is 0.373 e. The summed E-state index contributed by atoms with van der Waals surface area (Å²) >= 11 is 3.48. The van der Waals surface area contributed by atoms with Gasteiger partial charge in [0.05, 0.1) is 5.54 Å². The summed E-state index contributed by atoms with van der Waals surface area (Å²) in [5.41, 5.74) is 8.50. The van der Waals surface area contributed by atoms with Crippen molar-refractivity contribution in [1.29, 1.82) is 0 Å². The number of halogens is 1. The molecule has 40 heavy (non-hydrogen) atoms. The molecule has 0 saturated heterocycles. The Balaban J connectivity index is 0.00000118. The Kier molecular flexibility index (Phi) is 8.83. The van der Waals surface area contributed by atoms with Gasteiger partial charge in [0.25, 0.3) is 5.91 Å². The van der Waals surface area contributed by atoms with Gasteiger partial charge < -0.3 is 9.88 Å². The Labute approximate surface area is 243 Å². The zero-order valence-electron chi connectivity index (χ0n) is 23.0. The first-order valence-electron chi connectivity index (χ1n) is 13.0. The number of nitrogens with zero attached hydrogens (tertiary/aromatic N) is 1. The van der Waals surface area contributed by atoms with E-state index in [9.17, 15) is 4.79 Å². The highest BCUT2D eigenvalue weighted by Crippen LogP contribution is 2.29. The van der Waals surface area contributed by atoms with Gasteiger partial charge in [-0.3, -0.25) is 4.79 Å². The Morgan fingerprint density at radius 1 is 0.850 bits per heavy atom. The van der Waals surface area contributed by atoms with E-state index >= 15 is 0 Å². The van der Waals surface area contributed by atoms with Crippen LogP contribution in [0, 0.1) is 13.8 Å². The quantitative estimate of drug-likeness (QED) is 0.218. The molecule has 1 N–H and O–H groups in total. The minimum Gasteiger partial charge on any atom is -0.343 e. The van der Waals surface area contributed by atoms with Gasteiger partial charge in [-0.2, -0.15) is 9.59 Å². The van der Waals surface area contributed by atoms with Crippen LogP contribution in [-0.2, 0) is 21.7 Å². The summed E-state index contributed by atoms with van der Waals surface area (Å²) in [6.45, 7) is 9.14. The second kappa shape index (κ2) is 12.3. The van der Waals surface area contributed by atoms with Crippen molar-refractivity contribution in [2.24, 2.45) is 0 Å². The molecule has 0 unspecified atom stereocenters. The lowest BCUT2D eigenvalue weighted by atomic mass is 9.94. The van der Waals surface area contributed by atoms with Gasteiger partial charge in [0, 0.05) is 33.2 Å². The number of rotatable bonds is 6. The molecule has 0 bridgehead atoms. The first-order chi connectivity index (χ1) is 19.1. The lowest BCUT2D eigenvalue weighted by Gasteiger charge is -2.27. The molecule has 4 aromatic carbocycles. The third-order valence-electron chi connectivity index (χ3n) is 7.29. The Bertz CT molecular complexity index is 1660. The molecule has 5 aromatic rings. The number of benzene rings is 4. The Morgan fingerprint density at radius 3 is 2.08 bits per heavy atom. The highest BCUT2D eigenvalue weighted by molar-refractivity contribution is 9.10. The second-order valence-corrected chi connectivity index (χ2v) is 11.2. The van der Waals surface area contributed by atoms with Crippen LogP contribution in [0.15, 0.2) is 102 Å². The summed E-state index contributed by atoms with van der Waals surface area (Å²) in [5, 5.41) is 4.33. The number of fused-ring (bicyclic) bond motifs is 1. The van der Waals surface area contributed by atoms with E-state index in [1.54, 1.807) is 0 Å². The standard InChI is InChI=1S/C33H31BrN2O.CO2/c1-22-23(2)36(21-24-10-12-26(13-11-24)25-8-6-5-7-9-25)31-19-14-27(20-30(22)31)32(37)35-33(3,4)28-15-17-29(34)18-16-28;2-1-3/h5-20H,21H2,1-4H3,(H,35,37);. The molecule has 0 spiro atoms. The van der Waals surface area contributed by atoms with Crippen LogP contribution in [0.1, 0.15) is 46.6 Å². The number of nitrogens with one attached hydrogen (secondary N) is 1.